The third-order valence-electron chi connectivity index (χ3n) is 3.74. The summed E-state index contributed by atoms with van der Waals surface area (Å²) in [5.74, 6) is 1.39. The number of ether oxygens (including phenoxy) is 2. The van der Waals surface area contributed by atoms with Gasteiger partial charge in [-0.2, -0.15) is 0 Å². The lowest BCUT2D eigenvalue weighted by Gasteiger charge is -2.41. The summed E-state index contributed by atoms with van der Waals surface area (Å²) in [4.78, 5) is 0. The van der Waals surface area contributed by atoms with Crippen LogP contribution in [0.25, 0.3) is 0 Å². The summed E-state index contributed by atoms with van der Waals surface area (Å²) < 4.78 is 11.5. The molecule has 1 fully saturated rings. The zero-order chi connectivity index (χ0) is 14.0. The summed E-state index contributed by atoms with van der Waals surface area (Å²) in [6.07, 6.45) is 0.0393. The molecule has 1 aromatic rings. The first-order valence-electron chi connectivity index (χ1n) is 7.09. The number of aliphatic hydroxyl groups excluding tert-OH is 1. The average Bonchev–Trinajstić information content (AvgIpc) is 2.37. The normalized spacial score (nSPS) is 26.3. The number of aliphatic hydroxyl groups is 1. The molecule has 1 aliphatic rings. The number of benzene rings is 1. The van der Waals surface area contributed by atoms with Crippen molar-refractivity contribution in [3.05, 3.63) is 29.3 Å². The third-order valence-corrected chi connectivity index (χ3v) is 3.74. The summed E-state index contributed by atoms with van der Waals surface area (Å²) >= 11 is 0. The Morgan fingerprint density at radius 1 is 1.37 bits per heavy atom. The molecule has 0 spiro atoms. The van der Waals surface area contributed by atoms with E-state index in [9.17, 15) is 5.11 Å². The summed E-state index contributed by atoms with van der Waals surface area (Å²) in [6.45, 7) is 8.93. The van der Waals surface area contributed by atoms with Crippen molar-refractivity contribution in [2.75, 3.05) is 6.61 Å². The second kappa shape index (κ2) is 5.93. The summed E-state index contributed by atoms with van der Waals surface area (Å²) in [7, 11) is 0. The van der Waals surface area contributed by atoms with Crippen LogP contribution in [0.5, 0.6) is 5.75 Å². The van der Waals surface area contributed by atoms with E-state index in [1.54, 1.807) is 0 Å². The first kappa shape index (κ1) is 14.4. The highest BCUT2D eigenvalue weighted by Gasteiger charge is 2.42. The van der Waals surface area contributed by atoms with E-state index in [4.69, 9.17) is 9.47 Å². The van der Waals surface area contributed by atoms with Crippen LogP contribution in [0.1, 0.15) is 44.2 Å². The highest BCUT2D eigenvalue weighted by molar-refractivity contribution is 5.38. The molecule has 1 aromatic carbocycles. The van der Waals surface area contributed by atoms with Crippen LogP contribution in [-0.2, 0) is 4.74 Å². The Bertz CT molecular complexity index is 428. The minimum Gasteiger partial charge on any atom is -0.487 e. The largest absolute Gasteiger partial charge is 0.487 e. The SMILES string of the molecule is CCOC1C(O)CC1Oc1cc(C(C)C)ccc1C. The number of aryl methyl sites for hydroxylation is 1. The number of rotatable bonds is 5. The van der Waals surface area contributed by atoms with Gasteiger partial charge in [0.1, 0.15) is 18.0 Å². The molecule has 3 unspecified atom stereocenters. The van der Waals surface area contributed by atoms with E-state index < -0.39 is 6.10 Å². The number of hydrogen-bond donors (Lipinski definition) is 1. The molecular formula is C16H24O3. The summed E-state index contributed by atoms with van der Waals surface area (Å²) in [5.41, 5.74) is 2.40. The summed E-state index contributed by atoms with van der Waals surface area (Å²) in [5, 5.41) is 9.69. The lowest BCUT2D eigenvalue weighted by atomic mass is 9.88. The molecule has 1 saturated carbocycles. The molecule has 2 rings (SSSR count). The van der Waals surface area contributed by atoms with E-state index in [0.29, 0.717) is 18.9 Å². The van der Waals surface area contributed by atoms with Crippen LogP contribution >= 0.6 is 0 Å². The van der Waals surface area contributed by atoms with Crippen molar-refractivity contribution >= 4 is 0 Å². The van der Waals surface area contributed by atoms with E-state index >= 15 is 0 Å². The van der Waals surface area contributed by atoms with Crippen molar-refractivity contribution in [1.82, 2.24) is 0 Å². The van der Waals surface area contributed by atoms with Gasteiger partial charge in [0.25, 0.3) is 0 Å². The Labute approximate surface area is 115 Å². The molecule has 0 saturated heterocycles. The fourth-order valence-electron chi connectivity index (χ4n) is 2.35. The molecule has 0 aliphatic heterocycles. The van der Waals surface area contributed by atoms with Crippen molar-refractivity contribution in [1.29, 1.82) is 0 Å². The first-order valence-corrected chi connectivity index (χ1v) is 7.09. The van der Waals surface area contributed by atoms with Crippen LogP contribution in [-0.4, -0.2) is 30.0 Å². The van der Waals surface area contributed by atoms with Gasteiger partial charge in [0, 0.05) is 13.0 Å². The van der Waals surface area contributed by atoms with E-state index in [1.807, 2.05) is 13.8 Å². The van der Waals surface area contributed by atoms with E-state index in [2.05, 4.69) is 32.0 Å². The Kier molecular flexibility index (Phi) is 4.48. The lowest BCUT2D eigenvalue weighted by Crippen LogP contribution is -2.55. The molecule has 0 amide bonds. The second-order valence-electron chi connectivity index (χ2n) is 5.56. The minimum atomic E-state index is -0.390. The van der Waals surface area contributed by atoms with Gasteiger partial charge in [-0.1, -0.05) is 26.0 Å². The molecule has 3 nitrogen and oxygen atoms in total. The molecule has 0 bridgehead atoms. The van der Waals surface area contributed by atoms with Gasteiger partial charge in [0.05, 0.1) is 6.10 Å². The maximum atomic E-state index is 9.69. The Hall–Kier alpha value is -1.06. The second-order valence-corrected chi connectivity index (χ2v) is 5.56. The smallest absolute Gasteiger partial charge is 0.130 e. The zero-order valence-corrected chi connectivity index (χ0v) is 12.2. The van der Waals surface area contributed by atoms with Crippen molar-refractivity contribution in [2.45, 2.75) is 58.3 Å². The van der Waals surface area contributed by atoms with Crippen molar-refractivity contribution < 1.29 is 14.6 Å². The minimum absolute atomic E-state index is 0.0314. The highest BCUT2D eigenvalue weighted by Crippen LogP contribution is 2.32. The van der Waals surface area contributed by atoms with Gasteiger partial charge in [0.2, 0.25) is 0 Å². The maximum absolute atomic E-state index is 9.69. The van der Waals surface area contributed by atoms with Crippen LogP contribution in [0.15, 0.2) is 18.2 Å². The molecule has 0 aromatic heterocycles. The standard InChI is InChI=1S/C16H24O3/c1-5-18-16-13(17)9-15(16)19-14-8-12(10(2)3)7-6-11(14)4/h6-8,10,13,15-17H,5,9H2,1-4H3. The van der Waals surface area contributed by atoms with Gasteiger partial charge in [-0.15, -0.1) is 0 Å². The average molecular weight is 264 g/mol. The zero-order valence-electron chi connectivity index (χ0n) is 12.2. The molecule has 1 N–H and O–H groups in total. The van der Waals surface area contributed by atoms with Crippen LogP contribution < -0.4 is 4.74 Å². The molecule has 0 radical (unpaired) electrons. The molecule has 3 heteroatoms. The lowest BCUT2D eigenvalue weighted by molar-refractivity contribution is -0.160. The van der Waals surface area contributed by atoms with Gasteiger partial charge < -0.3 is 14.6 Å². The van der Waals surface area contributed by atoms with Crippen LogP contribution in [0.3, 0.4) is 0 Å². The highest BCUT2D eigenvalue weighted by atomic mass is 16.6. The quantitative estimate of drug-likeness (QED) is 0.888. The fourth-order valence-corrected chi connectivity index (χ4v) is 2.35. The van der Waals surface area contributed by atoms with Crippen LogP contribution in [0.2, 0.25) is 0 Å². The van der Waals surface area contributed by atoms with Gasteiger partial charge in [-0.3, -0.25) is 0 Å². The Morgan fingerprint density at radius 3 is 2.68 bits per heavy atom. The summed E-state index contributed by atoms with van der Waals surface area (Å²) in [6, 6.07) is 6.34. The van der Waals surface area contributed by atoms with Gasteiger partial charge in [-0.05, 0) is 37.0 Å². The molecule has 3 atom stereocenters. The van der Waals surface area contributed by atoms with Crippen molar-refractivity contribution in [3.63, 3.8) is 0 Å². The molecule has 106 valence electrons. The first-order chi connectivity index (χ1) is 9.02. The maximum Gasteiger partial charge on any atom is 0.130 e. The van der Waals surface area contributed by atoms with Crippen LogP contribution in [0, 0.1) is 6.92 Å². The molecule has 19 heavy (non-hydrogen) atoms. The Balaban J connectivity index is 2.08. The van der Waals surface area contributed by atoms with E-state index in [-0.39, 0.29) is 12.2 Å². The number of hydrogen-bond acceptors (Lipinski definition) is 3. The van der Waals surface area contributed by atoms with Gasteiger partial charge in [-0.25, -0.2) is 0 Å². The van der Waals surface area contributed by atoms with Crippen molar-refractivity contribution in [3.8, 4) is 5.75 Å². The molecule has 1 aliphatic carbocycles. The van der Waals surface area contributed by atoms with E-state index in [1.165, 1.54) is 5.56 Å². The fraction of sp³-hybridized carbons (Fsp3) is 0.625. The van der Waals surface area contributed by atoms with E-state index in [0.717, 1.165) is 11.3 Å². The van der Waals surface area contributed by atoms with Crippen molar-refractivity contribution in [2.24, 2.45) is 0 Å². The third kappa shape index (κ3) is 3.10. The predicted octanol–water partition coefficient (Wildman–Crippen LogP) is 3.04. The van der Waals surface area contributed by atoms with Gasteiger partial charge >= 0.3 is 0 Å². The topological polar surface area (TPSA) is 38.7 Å². The van der Waals surface area contributed by atoms with Gasteiger partial charge in [0.15, 0.2) is 0 Å². The Morgan fingerprint density at radius 2 is 2.11 bits per heavy atom. The van der Waals surface area contributed by atoms with Crippen LogP contribution in [0.4, 0.5) is 0 Å². The predicted molar refractivity (Wildman–Crippen MR) is 75.7 cm³/mol. The molecular weight excluding hydrogens is 240 g/mol. The molecule has 0 heterocycles. The monoisotopic (exact) mass is 264 g/mol.